The molecule has 1 saturated carbocycles. The lowest BCUT2D eigenvalue weighted by molar-refractivity contribution is -0.135. The van der Waals surface area contributed by atoms with Crippen LogP contribution in [-0.4, -0.2) is 29.9 Å². The number of hydrogen-bond donors (Lipinski definition) is 1. The molecule has 3 nitrogen and oxygen atoms in total. The van der Waals surface area contributed by atoms with Crippen LogP contribution in [-0.2, 0) is 4.79 Å². The lowest BCUT2D eigenvalue weighted by Gasteiger charge is -2.37. The molecule has 1 atom stereocenters. The molecule has 1 heterocycles. The summed E-state index contributed by atoms with van der Waals surface area (Å²) in [7, 11) is 0. The molecule has 112 valence electrons. The van der Waals surface area contributed by atoms with Gasteiger partial charge in [0.15, 0.2) is 0 Å². The van der Waals surface area contributed by atoms with E-state index in [0.717, 1.165) is 25.8 Å². The van der Waals surface area contributed by atoms with Crippen LogP contribution in [0.15, 0.2) is 0 Å². The third kappa shape index (κ3) is 3.85. The molecule has 2 aliphatic rings. The summed E-state index contributed by atoms with van der Waals surface area (Å²) in [5, 5.41) is 0. The Labute approximate surface area is 123 Å². The second-order valence-electron chi connectivity index (χ2n) is 6.23. The first kappa shape index (κ1) is 16.8. The van der Waals surface area contributed by atoms with E-state index in [1.807, 2.05) is 0 Å². The summed E-state index contributed by atoms with van der Waals surface area (Å²) >= 11 is 0. The Balaban J connectivity index is 0.00000180. The molecule has 0 aromatic carbocycles. The van der Waals surface area contributed by atoms with Crippen molar-refractivity contribution in [3.63, 3.8) is 0 Å². The molecule has 0 bridgehead atoms. The van der Waals surface area contributed by atoms with Gasteiger partial charge in [0.2, 0.25) is 5.91 Å². The SMILES string of the molecule is CCC1CCCN1C(=O)CC1(CN)CCCCC1.Cl. The number of hydrogen-bond acceptors (Lipinski definition) is 2. The predicted molar refractivity (Wildman–Crippen MR) is 81.5 cm³/mol. The Morgan fingerprint density at radius 3 is 2.53 bits per heavy atom. The van der Waals surface area contributed by atoms with Gasteiger partial charge in [-0.15, -0.1) is 12.4 Å². The van der Waals surface area contributed by atoms with Gasteiger partial charge >= 0.3 is 0 Å². The normalized spacial score (nSPS) is 26.0. The van der Waals surface area contributed by atoms with Crippen LogP contribution < -0.4 is 5.73 Å². The smallest absolute Gasteiger partial charge is 0.223 e. The van der Waals surface area contributed by atoms with Crippen LogP contribution in [0.4, 0.5) is 0 Å². The molecule has 0 spiro atoms. The van der Waals surface area contributed by atoms with Gasteiger partial charge in [-0.25, -0.2) is 0 Å². The summed E-state index contributed by atoms with van der Waals surface area (Å²) in [4.78, 5) is 14.6. The van der Waals surface area contributed by atoms with Gasteiger partial charge < -0.3 is 10.6 Å². The van der Waals surface area contributed by atoms with E-state index in [2.05, 4.69) is 11.8 Å². The predicted octanol–water partition coefficient (Wildman–Crippen LogP) is 3.11. The van der Waals surface area contributed by atoms with Crippen molar-refractivity contribution in [1.82, 2.24) is 4.90 Å². The van der Waals surface area contributed by atoms with E-state index in [1.165, 1.54) is 32.1 Å². The monoisotopic (exact) mass is 288 g/mol. The third-order valence-electron chi connectivity index (χ3n) is 5.04. The van der Waals surface area contributed by atoms with E-state index in [-0.39, 0.29) is 17.8 Å². The van der Waals surface area contributed by atoms with Gasteiger partial charge in [0.25, 0.3) is 0 Å². The van der Waals surface area contributed by atoms with Gasteiger partial charge in [-0.05, 0) is 44.1 Å². The number of nitrogens with zero attached hydrogens (tertiary/aromatic N) is 1. The molecule has 2 fully saturated rings. The van der Waals surface area contributed by atoms with Gasteiger partial charge in [-0.2, -0.15) is 0 Å². The minimum Gasteiger partial charge on any atom is -0.340 e. The molecule has 1 aliphatic heterocycles. The number of rotatable bonds is 4. The van der Waals surface area contributed by atoms with E-state index < -0.39 is 0 Å². The molecule has 1 unspecified atom stereocenters. The summed E-state index contributed by atoms with van der Waals surface area (Å²) in [5.41, 5.74) is 6.10. The molecule has 1 amide bonds. The maximum Gasteiger partial charge on any atom is 0.223 e. The molecule has 4 heteroatoms. The van der Waals surface area contributed by atoms with Crippen molar-refractivity contribution in [2.75, 3.05) is 13.1 Å². The number of nitrogens with two attached hydrogens (primary N) is 1. The van der Waals surface area contributed by atoms with Crippen LogP contribution in [0.2, 0.25) is 0 Å². The lowest BCUT2D eigenvalue weighted by Crippen LogP contribution is -2.42. The van der Waals surface area contributed by atoms with Gasteiger partial charge in [-0.3, -0.25) is 4.79 Å². The summed E-state index contributed by atoms with van der Waals surface area (Å²) in [6.45, 7) is 3.84. The van der Waals surface area contributed by atoms with E-state index in [4.69, 9.17) is 5.73 Å². The van der Waals surface area contributed by atoms with E-state index >= 15 is 0 Å². The molecule has 1 aliphatic carbocycles. The zero-order valence-corrected chi connectivity index (χ0v) is 13.0. The highest BCUT2D eigenvalue weighted by Gasteiger charge is 2.36. The number of carbonyl (C=O) groups excluding carboxylic acids is 1. The van der Waals surface area contributed by atoms with Crippen LogP contribution in [0, 0.1) is 5.41 Å². The Morgan fingerprint density at radius 1 is 1.26 bits per heavy atom. The van der Waals surface area contributed by atoms with Crippen molar-refractivity contribution in [2.45, 2.75) is 70.8 Å². The molecule has 2 N–H and O–H groups in total. The highest BCUT2D eigenvalue weighted by Crippen LogP contribution is 2.39. The summed E-state index contributed by atoms with van der Waals surface area (Å²) in [6.07, 6.45) is 10.3. The minimum atomic E-state index is 0. The molecule has 0 aromatic rings. The Hall–Kier alpha value is -0.280. The van der Waals surface area contributed by atoms with E-state index in [9.17, 15) is 4.79 Å². The number of halogens is 1. The largest absolute Gasteiger partial charge is 0.340 e. The second kappa shape index (κ2) is 7.49. The summed E-state index contributed by atoms with van der Waals surface area (Å²) in [5.74, 6) is 0.367. The molecular weight excluding hydrogens is 260 g/mol. The van der Waals surface area contributed by atoms with E-state index in [1.54, 1.807) is 0 Å². The fraction of sp³-hybridized carbons (Fsp3) is 0.933. The average molecular weight is 289 g/mol. The second-order valence-corrected chi connectivity index (χ2v) is 6.23. The first-order valence-electron chi connectivity index (χ1n) is 7.70. The van der Waals surface area contributed by atoms with Crippen molar-refractivity contribution in [2.24, 2.45) is 11.1 Å². The van der Waals surface area contributed by atoms with Crippen molar-refractivity contribution >= 4 is 18.3 Å². The van der Waals surface area contributed by atoms with Crippen molar-refractivity contribution < 1.29 is 4.79 Å². The van der Waals surface area contributed by atoms with Gasteiger partial charge in [0.05, 0.1) is 0 Å². The first-order valence-corrected chi connectivity index (χ1v) is 7.70. The first-order chi connectivity index (χ1) is 8.71. The maximum atomic E-state index is 12.5. The standard InChI is InChI=1S/C15H28N2O.ClH/c1-2-13-7-6-10-17(13)14(18)11-15(12-16)8-4-3-5-9-15;/h13H,2-12,16H2,1H3;1H. The molecule has 0 aromatic heterocycles. The number of amides is 1. The van der Waals surface area contributed by atoms with Crippen molar-refractivity contribution in [3.8, 4) is 0 Å². The van der Waals surface area contributed by atoms with Gasteiger partial charge in [0, 0.05) is 19.0 Å². The fourth-order valence-electron chi connectivity index (χ4n) is 3.77. The van der Waals surface area contributed by atoms with Crippen LogP contribution in [0.1, 0.15) is 64.7 Å². The van der Waals surface area contributed by atoms with Crippen LogP contribution in [0.5, 0.6) is 0 Å². The zero-order valence-electron chi connectivity index (χ0n) is 12.2. The van der Waals surface area contributed by atoms with Crippen LogP contribution >= 0.6 is 12.4 Å². The average Bonchev–Trinajstić information content (AvgIpc) is 2.88. The van der Waals surface area contributed by atoms with E-state index in [0.29, 0.717) is 24.9 Å². The molecular formula is C15H29ClN2O. The Kier molecular flexibility index (Phi) is 6.61. The van der Waals surface area contributed by atoms with Crippen molar-refractivity contribution in [1.29, 1.82) is 0 Å². The third-order valence-corrected chi connectivity index (χ3v) is 5.04. The topological polar surface area (TPSA) is 46.3 Å². The maximum absolute atomic E-state index is 12.5. The summed E-state index contributed by atoms with van der Waals surface area (Å²) < 4.78 is 0. The van der Waals surface area contributed by atoms with Gasteiger partial charge in [-0.1, -0.05) is 26.2 Å². The molecule has 19 heavy (non-hydrogen) atoms. The van der Waals surface area contributed by atoms with Crippen LogP contribution in [0.25, 0.3) is 0 Å². The Bertz CT molecular complexity index is 290. The molecule has 1 saturated heterocycles. The Morgan fingerprint density at radius 2 is 1.95 bits per heavy atom. The quantitative estimate of drug-likeness (QED) is 0.864. The van der Waals surface area contributed by atoms with Crippen LogP contribution in [0.3, 0.4) is 0 Å². The number of carbonyl (C=O) groups is 1. The zero-order chi connectivity index (χ0) is 13.0. The summed E-state index contributed by atoms with van der Waals surface area (Å²) in [6, 6.07) is 0.496. The van der Waals surface area contributed by atoms with Gasteiger partial charge in [0.1, 0.15) is 0 Å². The fourth-order valence-corrected chi connectivity index (χ4v) is 3.77. The highest BCUT2D eigenvalue weighted by molar-refractivity contribution is 5.85. The molecule has 2 rings (SSSR count). The highest BCUT2D eigenvalue weighted by atomic mass is 35.5. The van der Waals surface area contributed by atoms with Crippen molar-refractivity contribution in [3.05, 3.63) is 0 Å². The minimum absolute atomic E-state index is 0. The lowest BCUT2D eigenvalue weighted by atomic mass is 9.71. The number of likely N-dealkylation sites (tertiary alicyclic amines) is 1. The molecule has 0 radical (unpaired) electrons.